The fraction of sp³-hybridized carbons (Fsp3) is 0.269. The van der Waals surface area contributed by atoms with Gasteiger partial charge in [0.05, 0.1) is 23.4 Å². The minimum Gasteiger partial charge on any atom is -0.444 e. The molecule has 0 spiro atoms. The summed E-state index contributed by atoms with van der Waals surface area (Å²) in [4.78, 5) is 31.9. The van der Waals surface area contributed by atoms with Gasteiger partial charge in [0, 0.05) is 13.1 Å². The smallest absolute Gasteiger partial charge is 0.407 e. The fourth-order valence-electron chi connectivity index (χ4n) is 3.73. The van der Waals surface area contributed by atoms with Gasteiger partial charge in [-0.25, -0.2) is 24.7 Å². The number of hydrogen-bond acceptors (Lipinski definition) is 9. The highest BCUT2D eigenvalue weighted by Gasteiger charge is 2.31. The van der Waals surface area contributed by atoms with Crippen LogP contribution in [0.4, 0.5) is 22.1 Å². The number of alkyl carbamates (subject to hydrolysis) is 1. The molecular formula is C26H26ClN7O3. The Morgan fingerprint density at radius 2 is 1.86 bits per heavy atom. The molecule has 2 N–H and O–H groups in total. The zero-order valence-corrected chi connectivity index (χ0v) is 21.4. The summed E-state index contributed by atoms with van der Waals surface area (Å²) in [5.41, 5.74) is 1.38. The van der Waals surface area contributed by atoms with Crippen LogP contribution >= 0.6 is 11.6 Å². The first-order chi connectivity index (χ1) is 17.7. The molecule has 0 saturated carbocycles. The molecule has 5 rings (SSSR count). The Labute approximate surface area is 219 Å². The molecule has 1 amide bonds. The average Bonchev–Trinajstić information content (AvgIpc) is 2.82. The van der Waals surface area contributed by atoms with E-state index in [-0.39, 0.29) is 6.04 Å². The zero-order chi connectivity index (χ0) is 26.0. The van der Waals surface area contributed by atoms with Crippen molar-refractivity contribution in [2.24, 2.45) is 0 Å². The predicted molar refractivity (Wildman–Crippen MR) is 142 cm³/mol. The number of amides is 1. The summed E-state index contributed by atoms with van der Waals surface area (Å²) < 4.78 is 11.1. The van der Waals surface area contributed by atoms with Crippen LogP contribution in [0.2, 0.25) is 5.02 Å². The molecule has 10 nitrogen and oxygen atoms in total. The van der Waals surface area contributed by atoms with E-state index in [0.29, 0.717) is 52.3 Å². The second-order valence-corrected chi connectivity index (χ2v) is 9.97. The third-order valence-electron chi connectivity index (χ3n) is 5.42. The second-order valence-electron chi connectivity index (χ2n) is 9.56. The number of hydrogen-bond donors (Lipinski definition) is 2. The van der Waals surface area contributed by atoms with Crippen molar-refractivity contribution in [1.82, 2.24) is 25.3 Å². The van der Waals surface area contributed by atoms with Gasteiger partial charge in [0.15, 0.2) is 5.82 Å². The van der Waals surface area contributed by atoms with Crippen molar-refractivity contribution in [3.63, 3.8) is 0 Å². The van der Waals surface area contributed by atoms with Gasteiger partial charge in [-0.05, 0) is 51.1 Å². The molecule has 1 saturated heterocycles. The number of nitrogens with zero attached hydrogens (tertiary/aromatic N) is 5. The summed E-state index contributed by atoms with van der Waals surface area (Å²) in [6.45, 7) is 6.75. The molecular weight excluding hydrogens is 494 g/mol. The van der Waals surface area contributed by atoms with Crippen LogP contribution < -0.4 is 20.3 Å². The largest absolute Gasteiger partial charge is 0.444 e. The number of pyridine rings is 2. The van der Waals surface area contributed by atoms with Crippen LogP contribution in [0.3, 0.4) is 0 Å². The highest BCUT2D eigenvalue weighted by atomic mass is 35.5. The number of ether oxygens (including phenoxy) is 2. The number of fused-ring (bicyclic) bond motifs is 1. The van der Waals surface area contributed by atoms with Gasteiger partial charge in [-0.1, -0.05) is 29.8 Å². The van der Waals surface area contributed by atoms with Crippen LogP contribution in [0.1, 0.15) is 20.8 Å². The van der Waals surface area contributed by atoms with E-state index in [1.165, 1.54) is 6.33 Å². The molecule has 4 aromatic rings. The second kappa shape index (κ2) is 10.1. The molecule has 37 heavy (non-hydrogen) atoms. The number of rotatable bonds is 6. The molecule has 0 radical (unpaired) electrons. The number of carbonyl (C=O) groups is 1. The molecule has 0 unspecified atom stereocenters. The molecule has 0 atom stereocenters. The number of nitrogens with one attached hydrogen (secondary N) is 2. The molecule has 0 bridgehead atoms. The molecule has 0 aliphatic carbocycles. The average molecular weight is 520 g/mol. The van der Waals surface area contributed by atoms with Crippen LogP contribution in [-0.2, 0) is 4.74 Å². The van der Waals surface area contributed by atoms with Crippen molar-refractivity contribution >= 4 is 46.1 Å². The molecule has 190 valence electrons. The van der Waals surface area contributed by atoms with Crippen molar-refractivity contribution in [2.75, 3.05) is 23.3 Å². The van der Waals surface area contributed by atoms with E-state index in [0.717, 1.165) is 5.82 Å². The maximum atomic E-state index is 12.0. The molecule has 11 heteroatoms. The van der Waals surface area contributed by atoms with Crippen LogP contribution in [0.5, 0.6) is 11.6 Å². The van der Waals surface area contributed by atoms with Crippen LogP contribution in [0.25, 0.3) is 11.0 Å². The third-order valence-corrected chi connectivity index (χ3v) is 5.69. The van der Waals surface area contributed by atoms with Gasteiger partial charge in [-0.2, -0.15) is 0 Å². The maximum Gasteiger partial charge on any atom is 0.407 e. The van der Waals surface area contributed by atoms with Crippen LogP contribution in [0, 0.1) is 0 Å². The van der Waals surface area contributed by atoms with E-state index in [1.54, 1.807) is 12.3 Å². The molecule has 1 aliphatic heterocycles. The standard InChI is InChI=1S/C26H26ClN7O3/c1-26(2,3)37-25(35)32-17-13-34(14-17)21-10-9-20-22(33-21)23(30-15-29-20)31-16-11-19(27)24(28-12-16)36-18-7-5-4-6-8-18/h4-12,15,17H,13-14H2,1-3H3,(H,32,35)(H,29,30,31). The normalized spacial score (nSPS) is 13.7. The number of para-hydroxylation sites is 1. The summed E-state index contributed by atoms with van der Waals surface area (Å²) >= 11 is 6.42. The van der Waals surface area contributed by atoms with Gasteiger partial charge in [-0.15, -0.1) is 0 Å². The van der Waals surface area contributed by atoms with Crippen molar-refractivity contribution in [1.29, 1.82) is 0 Å². The minimum atomic E-state index is -0.536. The van der Waals surface area contributed by atoms with E-state index in [2.05, 4.69) is 30.5 Å². The highest BCUT2D eigenvalue weighted by Crippen LogP contribution is 2.31. The Balaban J connectivity index is 1.28. The number of halogens is 1. The first-order valence-electron chi connectivity index (χ1n) is 11.8. The lowest BCUT2D eigenvalue weighted by Gasteiger charge is -2.40. The summed E-state index contributed by atoms with van der Waals surface area (Å²) in [7, 11) is 0. The number of carbonyl (C=O) groups excluding carboxylic acids is 1. The monoisotopic (exact) mass is 519 g/mol. The Morgan fingerprint density at radius 3 is 2.59 bits per heavy atom. The van der Waals surface area contributed by atoms with E-state index < -0.39 is 11.7 Å². The first-order valence-corrected chi connectivity index (χ1v) is 12.1. The topological polar surface area (TPSA) is 114 Å². The van der Waals surface area contributed by atoms with Gasteiger partial charge in [0.2, 0.25) is 5.88 Å². The first kappa shape index (κ1) is 24.5. The Bertz CT molecular complexity index is 1420. The Hall–Kier alpha value is -4.18. The molecule has 4 heterocycles. The number of benzene rings is 1. The van der Waals surface area contributed by atoms with Crippen molar-refractivity contribution in [3.8, 4) is 11.6 Å². The predicted octanol–water partition coefficient (Wildman–Crippen LogP) is 5.32. The zero-order valence-electron chi connectivity index (χ0n) is 20.6. The van der Waals surface area contributed by atoms with Crippen molar-refractivity contribution in [3.05, 3.63) is 66.1 Å². The lowest BCUT2D eigenvalue weighted by molar-refractivity contribution is 0.0496. The van der Waals surface area contributed by atoms with Crippen LogP contribution in [-0.4, -0.2) is 50.8 Å². The number of anilines is 3. The summed E-state index contributed by atoms with van der Waals surface area (Å²) in [5, 5.41) is 6.46. The maximum absolute atomic E-state index is 12.0. The van der Waals surface area contributed by atoms with Crippen molar-refractivity contribution in [2.45, 2.75) is 32.4 Å². The van der Waals surface area contributed by atoms with Gasteiger partial charge >= 0.3 is 6.09 Å². The SMILES string of the molecule is CC(C)(C)OC(=O)NC1CN(c2ccc3ncnc(Nc4cnc(Oc5ccccc5)c(Cl)c4)c3n2)C1. The summed E-state index contributed by atoms with van der Waals surface area (Å²) in [6, 6.07) is 14.8. The van der Waals surface area contributed by atoms with Gasteiger partial charge in [0.1, 0.15) is 34.0 Å². The molecule has 1 fully saturated rings. The number of aromatic nitrogens is 4. The molecule has 1 aliphatic rings. The van der Waals surface area contributed by atoms with E-state index in [9.17, 15) is 4.79 Å². The van der Waals surface area contributed by atoms with E-state index >= 15 is 0 Å². The lowest BCUT2D eigenvalue weighted by Crippen LogP contribution is -2.60. The molecule has 1 aromatic carbocycles. The molecule has 3 aromatic heterocycles. The van der Waals surface area contributed by atoms with Crippen LogP contribution in [0.15, 0.2) is 61.1 Å². The van der Waals surface area contributed by atoms with E-state index in [4.69, 9.17) is 26.1 Å². The highest BCUT2D eigenvalue weighted by molar-refractivity contribution is 6.32. The minimum absolute atomic E-state index is 0.0122. The summed E-state index contributed by atoms with van der Waals surface area (Å²) in [5.74, 6) is 2.23. The lowest BCUT2D eigenvalue weighted by atomic mass is 10.1. The fourth-order valence-corrected chi connectivity index (χ4v) is 3.94. The van der Waals surface area contributed by atoms with Crippen molar-refractivity contribution < 1.29 is 14.3 Å². The van der Waals surface area contributed by atoms with Gasteiger partial charge < -0.3 is 25.0 Å². The Kier molecular flexibility index (Phi) is 6.66. The van der Waals surface area contributed by atoms with Gasteiger partial charge in [0.25, 0.3) is 0 Å². The van der Waals surface area contributed by atoms with E-state index in [1.807, 2.05) is 63.2 Å². The third kappa shape index (κ3) is 5.97. The summed E-state index contributed by atoms with van der Waals surface area (Å²) in [6.07, 6.45) is 2.67. The van der Waals surface area contributed by atoms with Gasteiger partial charge in [-0.3, -0.25) is 0 Å². The Morgan fingerprint density at radius 1 is 1.08 bits per heavy atom. The quantitative estimate of drug-likeness (QED) is 0.349.